The van der Waals surface area contributed by atoms with Crippen LogP contribution < -0.4 is 5.32 Å². The van der Waals surface area contributed by atoms with E-state index in [-0.39, 0.29) is 0 Å². The fourth-order valence-corrected chi connectivity index (χ4v) is 4.19. The van der Waals surface area contributed by atoms with E-state index in [1.54, 1.807) is 0 Å². The van der Waals surface area contributed by atoms with Crippen LogP contribution in [-0.2, 0) is 9.47 Å². The topological polar surface area (TPSA) is 30.5 Å². The van der Waals surface area contributed by atoms with Crippen molar-refractivity contribution in [2.75, 3.05) is 13.2 Å². The zero-order chi connectivity index (χ0) is 12.8. The second kappa shape index (κ2) is 4.77. The van der Waals surface area contributed by atoms with Gasteiger partial charge in [0.15, 0.2) is 0 Å². The molecular formula is C15H27NO2. The van der Waals surface area contributed by atoms with Gasteiger partial charge in [0.2, 0.25) is 0 Å². The number of hydrogen-bond donors (Lipinski definition) is 1. The van der Waals surface area contributed by atoms with Gasteiger partial charge in [0.05, 0.1) is 12.2 Å². The Labute approximate surface area is 111 Å². The van der Waals surface area contributed by atoms with Crippen molar-refractivity contribution in [3.8, 4) is 0 Å². The van der Waals surface area contributed by atoms with E-state index < -0.39 is 0 Å². The van der Waals surface area contributed by atoms with E-state index in [0.29, 0.717) is 29.7 Å². The highest BCUT2D eigenvalue weighted by molar-refractivity contribution is 5.11. The van der Waals surface area contributed by atoms with E-state index in [1.165, 1.54) is 25.7 Å². The van der Waals surface area contributed by atoms with Gasteiger partial charge in [-0.25, -0.2) is 0 Å². The molecule has 1 N–H and O–H groups in total. The Morgan fingerprint density at radius 1 is 1.33 bits per heavy atom. The van der Waals surface area contributed by atoms with Gasteiger partial charge in [-0.1, -0.05) is 13.8 Å². The van der Waals surface area contributed by atoms with Gasteiger partial charge in [0, 0.05) is 36.6 Å². The van der Waals surface area contributed by atoms with Gasteiger partial charge in [-0.2, -0.15) is 0 Å². The SMILES string of the molecule is CCOC1CC(NC2C3CCCOC3C2(C)C)C1. The summed E-state index contributed by atoms with van der Waals surface area (Å²) in [6.45, 7) is 8.61. The third-order valence-corrected chi connectivity index (χ3v) is 5.24. The lowest BCUT2D eigenvalue weighted by Gasteiger charge is -2.61. The molecule has 104 valence electrons. The summed E-state index contributed by atoms with van der Waals surface area (Å²) in [6.07, 6.45) is 5.97. The van der Waals surface area contributed by atoms with Crippen LogP contribution in [0.2, 0.25) is 0 Å². The zero-order valence-corrected chi connectivity index (χ0v) is 11.9. The van der Waals surface area contributed by atoms with Crippen LogP contribution in [0.3, 0.4) is 0 Å². The van der Waals surface area contributed by atoms with Gasteiger partial charge in [-0.15, -0.1) is 0 Å². The molecule has 2 aliphatic carbocycles. The molecule has 3 unspecified atom stereocenters. The van der Waals surface area contributed by atoms with Crippen LogP contribution in [0.25, 0.3) is 0 Å². The Hall–Kier alpha value is -0.120. The van der Waals surface area contributed by atoms with E-state index in [9.17, 15) is 0 Å². The molecule has 0 radical (unpaired) electrons. The summed E-state index contributed by atoms with van der Waals surface area (Å²) >= 11 is 0. The molecular weight excluding hydrogens is 226 g/mol. The molecule has 0 aromatic heterocycles. The molecule has 3 rings (SSSR count). The molecule has 3 nitrogen and oxygen atoms in total. The minimum Gasteiger partial charge on any atom is -0.378 e. The number of rotatable bonds is 4. The molecule has 2 saturated carbocycles. The van der Waals surface area contributed by atoms with Crippen molar-refractivity contribution < 1.29 is 9.47 Å². The molecule has 3 atom stereocenters. The Morgan fingerprint density at radius 3 is 2.83 bits per heavy atom. The van der Waals surface area contributed by atoms with Crippen LogP contribution >= 0.6 is 0 Å². The predicted molar refractivity (Wildman–Crippen MR) is 71.6 cm³/mol. The molecule has 0 aromatic carbocycles. The Bertz CT molecular complexity index is 299. The molecule has 18 heavy (non-hydrogen) atoms. The summed E-state index contributed by atoms with van der Waals surface area (Å²) in [4.78, 5) is 0. The molecule has 1 heterocycles. The van der Waals surface area contributed by atoms with Crippen molar-refractivity contribution in [1.29, 1.82) is 0 Å². The Morgan fingerprint density at radius 2 is 2.11 bits per heavy atom. The highest BCUT2D eigenvalue weighted by Gasteiger charge is 2.58. The molecule has 0 spiro atoms. The average Bonchev–Trinajstić information content (AvgIpc) is 2.31. The standard InChI is InChI=1S/C15H27NO2/c1-4-17-11-8-10(9-11)16-13-12-6-5-7-18-14(12)15(13,2)3/h10-14,16H,4-9H2,1-3H3. The Kier molecular flexibility index (Phi) is 3.41. The fourth-order valence-electron chi connectivity index (χ4n) is 4.19. The third kappa shape index (κ3) is 2.00. The second-order valence-electron chi connectivity index (χ2n) is 6.81. The Balaban J connectivity index is 1.51. The number of fused-ring (bicyclic) bond motifs is 1. The van der Waals surface area contributed by atoms with Gasteiger partial charge in [0.1, 0.15) is 0 Å². The van der Waals surface area contributed by atoms with Gasteiger partial charge in [-0.3, -0.25) is 0 Å². The third-order valence-electron chi connectivity index (χ3n) is 5.24. The van der Waals surface area contributed by atoms with Crippen molar-refractivity contribution in [2.45, 2.75) is 70.7 Å². The predicted octanol–water partition coefficient (Wildman–Crippen LogP) is 2.35. The van der Waals surface area contributed by atoms with Crippen LogP contribution in [0.4, 0.5) is 0 Å². The summed E-state index contributed by atoms with van der Waals surface area (Å²) in [5.41, 5.74) is 0.307. The van der Waals surface area contributed by atoms with Gasteiger partial charge < -0.3 is 14.8 Å². The van der Waals surface area contributed by atoms with Crippen LogP contribution in [0.15, 0.2) is 0 Å². The van der Waals surface area contributed by atoms with E-state index in [2.05, 4.69) is 26.1 Å². The molecule has 1 aliphatic heterocycles. The number of ether oxygens (including phenoxy) is 2. The number of hydrogen-bond acceptors (Lipinski definition) is 3. The first-order valence-corrected chi connectivity index (χ1v) is 7.62. The highest BCUT2D eigenvalue weighted by Crippen LogP contribution is 2.51. The van der Waals surface area contributed by atoms with Crippen LogP contribution in [0.1, 0.15) is 46.5 Å². The van der Waals surface area contributed by atoms with Crippen molar-refractivity contribution in [3.63, 3.8) is 0 Å². The minimum atomic E-state index is 0.307. The van der Waals surface area contributed by atoms with Crippen LogP contribution in [0, 0.1) is 11.3 Å². The quantitative estimate of drug-likeness (QED) is 0.834. The largest absolute Gasteiger partial charge is 0.378 e. The first kappa shape index (κ1) is 12.9. The first-order valence-electron chi connectivity index (χ1n) is 7.62. The maximum absolute atomic E-state index is 5.95. The van der Waals surface area contributed by atoms with E-state index >= 15 is 0 Å². The van der Waals surface area contributed by atoms with E-state index in [0.717, 1.165) is 19.1 Å². The van der Waals surface area contributed by atoms with Crippen molar-refractivity contribution in [2.24, 2.45) is 11.3 Å². The lowest BCUT2D eigenvalue weighted by Crippen LogP contribution is -2.71. The second-order valence-corrected chi connectivity index (χ2v) is 6.81. The lowest BCUT2D eigenvalue weighted by atomic mass is 9.55. The highest BCUT2D eigenvalue weighted by atomic mass is 16.5. The van der Waals surface area contributed by atoms with Crippen LogP contribution in [-0.4, -0.2) is 37.5 Å². The molecule has 3 fully saturated rings. The van der Waals surface area contributed by atoms with Crippen molar-refractivity contribution in [1.82, 2.24) is 5.32 Å². The molecule has 1 saturated heterocycles. The summed E-state index contributed by atoms with van der Waals surface area (Å²) in [5.74, 6) is 0.750. The molecule has 3 aliphatic rings. The first-order chi connectivity index (χ1) is 8.63. The maximum Gasteiger partial charge on any atom is 0.0684 e. The summed E-state index contributed by atoms with van der Waals surface area (Å²) in [5, 5.41) is 3.87. The van der Waals surface area contributed by atoms with Gasteiger partial charge in [-0.05, 0) is 32.6 Å². The molecule has 0 amide bonds. The average molecular weight is 253 g/mol. The van der Waals surface area contributed by atoms with E-state index in [1.807, 2.05) is 0 Å². The van der Waals surface area contributed by atoms with Gasteiger partial charge in [0.25, 0.3) is 0 Å². The smallest absolute Gasteiger partial charge is 0.0684 e. The molecule has 0 aromatic rings. The summed E-state index contributed by atoms with van der Waals surface area (Å²) in [6, 6.07) is 1.32. The van der Waals surface area contributed by atoms with Gasteiger partial charge >= 0.3 is 0 Å². The maximum atomic E-state index is 5.95. The lowest BCUT2D eigenvalue weighted by molar-refractivity contribution is -0.197. The summed E-state index contributed by atoms with van der Waals surface area (Å²) < 4.78 is 11.6. The fraction of sp³-hybridized carbons (Fsp3) is 1.00. The van der Waals surface area contributed by atoms with Crippen molar-refractivity contribution >= 4 is 0 Å². The number of nitrogens with one attached hydrogen (secondary N) is 1. The minimum absolute atomic E-state index is 0.307. The molecule has 3 heteroatoms. The van der Waals surface area contributed by atoms with E-state index in [4.69, 9.17) is 9.47 Å². The zero-order valence-electron chi connectivity index (χ0n) is 11.9. The normalized spacial score (nSPS) is 45.8. The summed E-state index contributed by atoms with van der Waals surface area (Å²) in [7, 11) is 0. The molecule has 0 bridgehead atoms. The van der Waals surface area contributed by atoms with Crippen molar-refractivity contribution in [3.05, 3.63) is 0 Å². The van der Waals surface area contributed by atoms with Crippen LogP contribution in [0.5, 0.6) is 0 Å². The monoisotopic (exact) mass is 253 g/mol.